The minimum atomic E-state index is 1.13. The normalized spacial score (nSPS) is 11.6. The van der Waals surface area contributed by atoms with Crippen molar-refractivity contribution >= 4 is 108 Å². The molecule has 0 bridgehead atoms. The second-order valence-electron chi connectivity index (χ2n) is 12.5. The summed E-state index contributed by atoms with van der Waals surface area (Å²) in [6, 6.07) is 66.0. The van der Waals surface area contributed by atoms with E-state index in [1.54, 1.807) is 0 Å². The van der Waals surface area contributed by atoms with Gasteiger partial charge >= 0.3 is 0 Å². The summed E-state index contributed by atoms with van der Waals surface area (Å²) in [7, 11) is 0. The van der Waals surface area contributed by atoms with E-state index in [1.807, 2.05) is 22.7 Å². The van der Waals surface area contributed by atoms with Crippen molar-refractivity contribution in [3.63, 3.8) is 0 Å². The molecule has 8 aromatic carbocycles. The highest BCUT2D eigenvalue weighted by molar-refractivity contribution is 7.27. The van der Waals surface area contributed by atoms with E-state index in [0.717, 1.165) is 22.7 Å². The predicted molar refractivity (Wildman–Crippen MR) is 219 cm³/mol. The Balaban J connectivity index is 1.46. The van der Waals surface area contributed by atoms with Crippen LogP contribution >= 0.6 is 22.7 Å². The summed E-state index contributed by atoms with van der Waals surface area (Å²) in [6.07, 6.45) is 0. The first-order valence-corrected chi connectivity index (χ1v) is 18.5. The summed E-state index contributed by atoms with van der Waals surface area (Å²) >= 11 is 3.77. The van der Waals surface area contributed by atoms with Gasteiger partial charge < -0.3 is 9.80 Å². The third kappa shape index (κ3) is 4.61. The predicted octanol–water partition coefficient (Wildman–Crippen LogP) is 14.5. The Morgan fingerprint density at radius 3 is 0.920 bits per heavy atom. The molecule has 0 spiro atoms. The van der Waals surface area contributed by atoms with E-state index < -0.39 is 0 Å². The highest BCUT2D eigenvalue weighted by Gasteiger charge is 2.27. The van der Waals surface area contributed by atoms with Gasteiger partial charge in [-0.05, 0) is 72.8 Å². The summed E-state index contributed by atoms with van der Waals surface area (Å²) < 4.78 is 5.14. The van der Waals surface area contributed by atoms with Crippen molar-refractivity contribution in [1.29, 1.82) is 0 Å². The molecule has 0 amide bonds. The number of rotatable bonds is 6. The van der Waals surface area contributed by atoms with Gasteiger partial charge in [-0.3, -0.25) is 0 Å². The molecule has 0 aliphatic carbocycles. The number of nitrogens with zero attached hydrogens (tertiary/aromatic N) is 2. The Hall–Kier alpha value is -5.94. The van der Waals surface area contributed by atoms with Crippen LogP contribution in [-0.2, 0) is 0 Å². The number of para-hydroxylation sites is 4. The lowest BCUT2D eigenvalue weighted by Gasteiger charge is -2.30. The Morgan fingerprint density at radius 1 is 0.280 bits per heavy atom. The van der Waals surface area contributed by atoms with Gasteiger partial charge in [0.05, 0.1) is 20.8 Å². The topological polar surface area (TPSA) is 6.48 Å². The molecule has 10 aromatic rings. The van der Waals surface area contributed by atoms with Crippen LogP contribution < -0.4 is 9.80 Å². The van der Waals surface area contributed by atoms with Crippen LogP contribution in [-0.4, -0.2) is 0 Å². The summed E-state index contributed by atoms with van der Waals surface area (Å²) in [5, 5.41) is 7.55. The zero-order valence-corrected chi connectivity index (χ0v) is 28.7. The molecule has 0 N–H and O–H groups in total. The van der Waals surface area contributed by atoms with Crippen LogP contribution in [0.3, 0.4) is 0 Å². The van der Waals surface area contributed by atoms with Gasteiger partial charge in [0.15, 0.2) is 0 Å². The Labute approximate surface area is 298 Å². The molecule has 2 heterocycles. The van der Waals surface area contributed by atoms with Crippen LogP contribution in [0, 0.1) is 0 Å². The van der Waals surface area contributed by atoms with Crippen molar-refractivity contribution in [3.8, 4) is 0 Å². The lowest BCUT2D eigenvalue weighted by Crippen LogP contribution is -2.13. The lowest BCUT2D eigenvalue weighted by atomic mass is 9.97. The smallest absolute Gasteiger partial charge is 0.0719 e. The molecule has 0 aliphatic rings. The molecule has 4 heteroatoms. The van der Waals surface area contributed by atoms with Crippen LogP contribution in [0.4, 0.5) is 34.1 Å². The average Bonchev–Trinajstić information content (AvgIpc) is 3.75. The van der Waals surface area contributed by atoms with Crippen molar-refractivity contribution in [1.82, 2.24) is 0 Å². The SMILES string of the molecule is c1ccc(N(c2ccccc2)c2c3cc4c(sc5ccccc54)c(N(c4ccccc4)c4ccccc4)c3cc3c2sc2ccccc23)cc1. The van der Waals surface area contributed by atoms with Gasteiger partial charge in [0.25, 0.3) is 0 Å². The van der Waals surface area contributed by atoms with E-state index in [-0.39, 0.29) is 0 Å². The van der Waals surface area contributed by atoms with E-state index in [1.165, 1.54) is 62.5 Å². The van der Waals surface area contributed by atoms with Gasteiger partial charge in [-0.2, -0.15) is 0 Å². The maximum absolute atomic E-state index is 2.47. The molecule has 0 aliphatic heterocycles. The molecule has 0 saturated heterocycles. The second-order valence-corrected chi connectivity index (χ2v) is 14.6. The number of anilines is 6. The fourth-order valence-corrected chi connectivity index (χ4v) is 9.88. The zero-order chi connectivity index (χ0) is 33.0. The fourth-order valence-electron chi connectivity index (χ4n) is 7.42. The molecule has 2 nitrogen and oxygen atoms in total. The maximum Gasteiger partial charge on any atom is 0.0719 e. The van der Waals surface area contributed by atoms with E-state index in [4.69, 9.17) is 0 Å². The Bertz CT molecular complexity index is 2530. The van der Waals surface area contributed by atoms with Gasteiger partial charge in [0.2, 0.25) is 0 Å². The maximum atomic E-state index is 2.47. The molecule has 50 heavy (non-hydrogen) atoms. The molecule has 10 rings (SSSR count). The van der Waals surface area contributed by atoms with E-state index in [9.17, 15) is 0 Å². The molecular formula is C46H30N2S2. The van der Waals surface area contributed by atoms with Crippen molar-refractivity contribution < 1.29 is 0 Å². The van der Waals surface area contributed by atoms with E-state index in [0.29, 0.717) is 0 Å². The molecule has 0 radical (unpaired) electrons. The number of hydrogen-bond donors (Lipinski definition) is 0. The van der Waals surface area contributed by atoms with Crippen LogP contribution in [0.5, 0.6) is 0 Å². The molecule has 2 aromatic heterocycles. The number of thiophene rings is 2. The number of benzene rings is 8. The van der Waals surface area contributed by atoms with Gasteiger partial charge in [-0.1, -0.05) is 109 Å². The van der Waals surface area contributed by atoms with Crippen molar-refractivity contribution in [2.75, 3.05) is 9.80 Å². The summed E-state index contributed by atoms with van der Waals surface area (Å²) in [4.78, 5) is 4.94. The average molecular weight is 675 g/mol. The molecule has 0 saturated carbocycles. The largest absolute Gasteiger partial charge is 0.308 e. The summed E-state index contributed by atoms with van der Waals surface area (Å²) in [6.45, 7) is 0. The molecule has 0 fully saturated rings. The Morgan fingerprint density at radius 2 is 0.580 bits per heavy atom. The third-order valence-electron chi connectivity index (χ3n) is 9.58. The first kappa shape index (κ1) is 29.0. The number of fused-ring (bicyclic) bond motifs is 7. The number of hydrogen-bond acceptors (Lipinski definition) is 4. The molecule has 0 unspecified atom stereocenters. The summed E-state index contributed by atoms with van der Waals surface area (Å²) in [5.41, 5.74) is 6.93. The highest BCUT2D eigenvalue weighted by atomic mass is 32.1. The van der Waals surface area contributed by atoms with Crippen LogP contribution in [0.2, 0.25) is 0 Å². The molecule has 0 atom stereocenters. The van der Waals surface area contributed by atoms with Gasteiger partial charge in [-0.25, -0.2) is 0 Å². The van der Waals surface area contributed by atoms with Gasteiger partial charge in [0.1, 0.15) is 0 Å². The summed E-state index contributed by atoms with van der Waals surface area (Å²) in [5.74, 6) is 0. The van der Waals surface area contributed by atoms with E-state index >= 15 is 0 Å². The van der Waals surface area contributed by atoms with E-state index in [2.05, 4.69) is 192 Å². The molecular weight excluding hydrogens is 645 g/mol. The van der Waals surface area contributed by atoms with Gasteiger partial charge in [0, 0.05) is 64.5 Å². The quantitative estimate of drug-likeness (QED) is 0.173. The highest BCUT2D eigenvalue weighted by Crippen LogP contribution is 2.55. The monoisotopic (exact) mass is 674 g/mol. The van der Waals surface area contributed by atoms with Gasteiger partial charge in [-0.15, -0.1) is 22.7 Å². The standard InChI is InChI=1S/C46H30N2S2/c1-5-17-31(18-6-1)47(32-19-7-2-8-20-32)43-37-29-40-36-26-14-16-28-42(36)50-46(40)44(38(37)30-39-35-25-13-15-27-41(35)49-45(39)43)48(33-21-9-3-10-22-33)34-23-11-4-12-24-34/h1-30H. The minimum Gasteiger partial charge on any atom is -0.308 e. The first-order chi connectivity index (χ1) is 24.8. The zero-order valence-electron chi connectivity index (χ0n) is 27.0. The lowest BCUT2D eigenvalue weighted by molar-refractivity contribution is 1.30. The fraction of sp³-hybridized carbons (Fsp3) is 0. The second kappa shape index (κ2) is 11.9. The van der Waals surface area contributed by atoms with Crippen molar-refractivity contribution in [3.05, 3.63) is 182 Å². The molecule has 236 valence electrons. The minimum absolute atomic E-state index is 1.13. The van der Waals surface area contributed by atoms with Crippen LogP contribution in [0.1, 0.15) is 0 Å². The van der Waals surface area contributed by atoms with Crippen molar-refractivity contribution in [2.24, 2.45) is 0 Å². The van der Waals surface area contributed by atoms with Crippen LogP contribution in [0.25, 0.3) is 51.1 Å². The third-order valence-corrected chi connectivity index (χ3v) is 12.0. The van der Waals surface area contributed by atoms with Crippen LogP contribution in [0.15, 0.2) is 182 Å². The van der Waals surface area contributed by atoms with Crippen molar-refractivity contribution in [2.45, 2.75) is 0 Å². The first-order valence-electron chi connectivity index (χ1n) is 16.9. The Kier molecular flexibility index (Phi) is 6.90.